The third-order valence-corrected chi connectivity index (χ3v) is 0.989. The fourth-order valence-corrected chi connectivity index (χ4v) is 0.558. The molecule has 70 valence electrons. The van der Waals surface area contributed by atoms with Crippen molar-refractivity contribution in [2.45, 2.75) is 6.36 Å². The molecule has 0 aliphatic heterocycles. The summed E-state index contributed by atoms with van der Waals surface area (Å²) in [5.74, 6) is -0.696. The van der Waals surface area contributed by atoms with Gasteiger partial charge >= 0.3 is 6.36 Å². The van der Waals surface area contributed by atoms with Crippen LogP contribution in [0.15, 0.2) is 12.4 Å². The van der Waals surface area contributed by atoms with Crippen LogP contribution in [-0.2, 0) is 0 Å². The Kier molecular flexibility index (Phi) is 2.45. The fraction of sp³-hybridized carbons (Fsp3) is 0.167. The van der Waals surface area contributed by atoms with Gasteiger partial charge in [-0.1, -0.05) is 0 Å². The fourth-order valence-electron chi connectivity index (χ4n) is 0.558. The maximum absolute atomic E-state index is 11.6. The highest BCUT2D eigenvalue weighted by Crippen LogP contribution is 2.19. The number of carbonyl (C=O) groups is 1. The average molecular weight is 192 g/mol. The number of hydrogen-bond acceptors (Lipinski definition) is 4. The average Bonchev–Trinajstić information content (AvgIpc) is 2.03. The Morgan fingerprint density at radius 3 is 2.38 bits per heavy atom. The van der Waals surface area contributed by atoms with E-state index in [1.54, 1.807) is 0 Å². The van der Waals surface area contributed by atoms with E-state index in [2.05, 4.69) is 14.7 Å². The highest BCUT2D eigenvalue weighted by molar-refractivity contribution is 5.70. The molecule has 0 atom stereocenters. The number of aldehydes is 1. The molecule has 0 N–H and O–H groups in total. The number of hydrogen-bond donors (Lipinski definition) is 0. The molecule has 7 heteroatoms. The highest BCUT2D eigenvalue weighted by Gasteiger charge is 2.31. The van der Waals surface area contributed by atoms with Crippen LogP contribution in [0.4, 0.5) is 13.2 Å². The quantitative estimate of drug-likeness (QED) is 0.660. The molecule has 0 aliphatic rings. The van der Waals surface area contributed by atoms with Crippen LogP contribution in [-0.4, -0.2) is 22.6 Å². The van der Waals surface area contributed by atoms with E-state index in [0.717, 1.165) is 12.4 Å². The lowest BCUT2D eigenvalue weighted by atomic mass is 10.5. The second-order valence-electron chi connectivity index (χ2n) is 1.95. The Balaban J connectivity index is 2.75. The van der Waals surface area contributed by atoms with Crippen LogP contribution in [0.1, 0.15) is 10.5 Å². The molecule has 0 bridgehead atoms. The van der Waals surface area contributed by atoms with Gasteiger partial charge in [0.2, 0.25) is 5.88 Å². The van der Waals surface area contributed by atoms with E-state index in [4.69, 9.17) is 0 Å². The third-order valence-electron chi connectivity index (χ3n) is 0.989. The first-order chi connectivity index (χ1) is 6.01. The molecule has 0 saturated carbocycles. The second kappa shape index (κ2) is 3.38. The summed E-state index contributed by atoms with van der Waals surface area (Å²) in [6.07, 6.45) is -2.83. The van der Waals surface area contributed by atoms with Crippen LogP contribution in [0.25, 0.3) is 0 Å². The maximum Gasteiger partial charge on any atom is 0.574 e. The third kappa shape index (κ3) is 3.06. The molecule has 0 aliphatic carbocycles. The van der Waals surface area contributed by atoms with E-state index < -0.39 is 12.2 Å². The zero-order valence-electron chi connectivity index (χ0n) is 6.08. The van der Waals surface area contributed by atoms with Crippen LogP contribution >= 0.6 is 0 Å². The van der Waals surface area contributed by atoms with Gasteiger partial charge in [0.1, 0.15) is 5.69 Å². The summed E-state index contributed by atoms with van der Waals surface area (Å²) in [4.78, 5) is 16.6. The van der Waals surface area contributed by atoms with Gasteiger partial charge in [0.25, 0.3) is 0 Å². The van der Waals surface area contributed by atoms with Crippen LogP contribution in [0.3, 0.4) is 0 Å². The zero-order valence-corrected chi connectivity index (χ0v) is 6.08. The van der Waals surface area contributed by atoms with Gasteiger partial charge < -0.3 is 4.74 Å². The predicted molar refractivity (Wildman–Crippen MR) is 34.1 cm³/mol. The summed E-state index contributed by atoms with van der Waals surface area (Å²) in [6, 6.07) is 0. The van der Waals surface area contributed by atoms with Crippen molar-refractivity contribution in [2.24, 2.45) is 0 Å². The number of ether oxygens (including phenoxy) is 1. The Bertz CT molecular complexity index is 296. The van der Waals surface area contributed by atoms with Crippen molar-refractivity contribution in [3.8, 4) is 5.88 Å². The molecule has 0 unspecified atom stereocenters. The lowest BCUT2D eigenvalue weighted by Gasteiger charge is -2.06. The molecule has 0 saturated heterocycles. The van der Waals surface area contributed by atoms with Crippen LogP contribution in [0, 0.1) is 0 Å². The second-order valence-corrected chi connectivity index (χ2v) is 1.95. The first-order valence-electron chi connectivity index (χ1n) is 3.04. The van der Waals surface area contributed by atoms with Gasteiger partial charge in [-0.2, -0.15) is 0 Å². The lowest BCUT2D eigenvalue weighted by Crippen LogP contribution is -2.18. The van der Waals surface area contributed by atoms with Gasteiger partial charge in [0.05, 0.1) is 12.4 Å². The van der Waals surface area contributed by atoms with Crippen LogP contribution in [0.2, 0.25) is 0 Å². The van der Waals surface area contributed by atoms with Gasteiger partial charge in [0, 0.05) is 0 Å². The lowest BCUT2D eigenvalue weighted by molar-refractivity contribution is -0.276. The first-order valence-corrected chi connectivity index (χ1v) is 3.04. The molecule has 0 aromatic carbocycles. The van der Waals surface area contributed by atoms with E-state index in [9.17, 15) is 18.0 Å². The molecule has 1 rings (SSSR count). The summed E-state index contributed by atoms with van der Waals surface area (Å²) < 4.78 is 38.1. The van der Waals surface area contributed by atoms with Gasteiger partial charge in [-0.05, 0) is 0 Å². The van der Waals surface area contributed by atoms with Crippen molar-refractivity contribution >= 4 is 6.29 Å². The Hall–Kier alpha value is -1.66. The molecular weight excluding hydrogens is 189 g/mol. The van der Waals surface area contributed by atoms with Crippen LogP contribution < -0.4 is 4.74 Å². The van der Waals surface area contributed by atoms with E-state index in [1.165, 1.54) is 0 Å². The monoisotopic (exact) mass is 192 g/mol. The maximum atomic E-state index is 11.6. The molecule has 0 spiro atoms. The Morgan fingerprint density at radius 2 is 2.00 bits per heavy atom. The van der Waals surface area contributed by atoms with Crippen LogP contribution in [0.5, 0.6) is 5.88 Å². The number of halogens is 3. The molecular formula is C6H3F3N2O2. The SMILES string of the molecule is O=Cc1cnc(OC(F)(F)F)cn1. The highest BCUT2D eigenvalue weighted by atomic mass is 19.4. The summed E-state index contributed by atoms with van der Waals surface area (Å²) >= 11 is 0. The number of rotatable bonds is 2. The minimum absolute atomic E-state index is 0.0606. The largest absolute Gasteiger partial charge is 0.574 e. The number of alkyl halides is 3. The van der Waals surface area contributed by atoms with Crippen molar-refractivity contribution in [3.63, 3.8) is 0 Å². The predicted octanol–water partition coefficient (Wildman–Crippen LogP) is 1.19. The number of carbonyl (C=O) groups excluding carboxylic acids is 1. The van der Waals surface area contributed by atoms with Crippen molar-refractivity contribution in [2.75, 3.05) is 0 Å². The van der Waals surface area contributed by atoms with Gasteiger partial charge in [-0.25, -0.2) is 9.97 Å². The molecule has 1 heterocycles. The molecule has 13 heavy (non-hydrogen) atoms. The summed E-state index contributed by atoms with van der Waals surface area (Å²) in [5.41, 5.74) is -0.0606. The minimum Gasteiger partial charge on any atom is -0.386 e. The molecule has 0 radical (unpaired) electrons. The van der Waals surface area contributed by atoms with E-state index >= 15 is 0 Å². The molecule has 4 nitrogen and oxygen atoms in total. The number of aromatic nitrogens is 2. The summed E-state index contributed by atoms with van der Waals surface area (Å²) in [5, 5.41) is 0. The topological polar surface area (TPSA) is 52.1 Å². The molecule has 1 aromatic rings. The summed E-state index contributed by atoms with van der Waals surface area (Å²) in [7, 11) is 0. The standard InChI is InChI=1S/C6H3F3N2O2/c7-6(8,9)13-5-2-10-4(3-12)1-11-5/h1-3H. The summed E-state index contributed by atoms with van der Waals surface area (Å²) in [6.45, 7) is 0. The minimum atomic E-state index is -4.79. The van der Waals surface area contributed by atoms with Gasteiger partial charge in [-0.15, -0.1) is 13.2 Å². The molecule has 1 aromatic heterocycles. The number of nitrogens with zero attached hydrogens (tertiary/aromatic N) is 2. The van der Waals surface area contributed by atoms with Gasteiger partial charge in [0.15, 0.2) is 6.29 Å². The normalized spacial score (nSPS) is 11.0. The van der Waals surface area contributed by atoms with Crippen molar-refractivity contribution in [1.29, 1.82) is 0 Å². The Labute approximate surface area is 70.4 Å². The van der Waals surface area contributed by atoms with Crippen molar-refractivity contribution in [3.05, 3.63) is 18.1 Å². The van der Waals surface area contributed by atoms with E-state index in [-0.39, 0.29) is 5.69 Å². The van der Waals surface area contributed by atoms with Gasteiger partial charge in [-0.3, -0.25) is 4.79 Å². The van der Waals surface area contributed by atoms with E-state index in [1.807, 2.05) is 0 Å². The van der Waals surface area contributed by atoms with Crippen molar-refractivity contribution < 1.29 is 22.7 Å². The first kappa shape index (κ1) is 9.43. The smallest absolute Gasteiger partial charge is 0.386 e. The molecule has 0 amide bonds. The Morgan fingerprint density at radius 1 is 1.31 bits per heavy atom. The zero-order chi connectivity index (χ0) is 9.90. The van der Waals surface area contributed by atoms with Crippen molar-refractivity contribution in [1.82, 2.24) is 9.97 Å². The molecule has 0 fully saturated rings. The van der Waals surface area contributed by atoms with E-state index in [0.29, 0.717) is 6.29 Å².